The van der Waals surface area contributed by atoms with Crippen LogP contribution >= 0.6 is 11.8 Å². The van der Waals surface area contributed by atoms with Gasteiger partial charge in [-0.15, -0.1) is 0 Å². The number of rotatable bonds is 2. The van der Waals surface area contributed by atoms with Crippen LogP contribution in [0.3, 0.4) is 0 Å². The Balaban J connectivity index is 2.53. The average molecular weight is 300 g/mol. The summed E-state index contributed by atoms with van der Waals surface area (Å²) in [4.78, 5) is 0.284. The number of hydrogen-bond donors (Lipinski definition) is 1. The summed E-state index contributed by atoms with van der Waals surface area (Å²) in [6.07, 6.45) is 0. The molecule has 1 aliphatic heterocycles. The quantitative estimate of drug-likeness (QED) is 0.849. The van der Waals surface area contributed by atoms with E-state index in [0.29, 0.717) is 12.2 Å². The second-order valence-corrected chi connectivity index (χ2v) is 7.94. The summed E-state index contributed by atoms with van der Waals surface area (Å²) < 4.78 is 27.2. The first kappa shape index (κ1) is 14.7. The standard InChI is InChI=1S/C13H20N2O2S2/c1-9-4-5-12(14)13(11(9)3)19(16,17)15-6-7-18-8-10(15)2/h4-5,10H,6-8,14H2,1-3H3. The minimum Gasteiger partial charge on any atom is -0.398 e. The molecular formula is C13H20N2O2S2. The van der Waals surface area contributed by atoms with Crippen molar-refractivity contribution in [1.29, 1.82) is 0 Å². The lowest BCUT2D eigenvalue weighted by molar-refractivity contribution is 0.367. The molecule has 1 aromatic rings. The third-order valence-corrected chi connectivity index (χ3v) is 6.99. The van der Waals surface area contributed by atoms with Gasteiger partial charge >= 0.3 is 0 Å². The fourth-order valence-corrected chi connectivity index (χ4v) is 5.59. The Kier molecular flexibility index (Phi) is 4.13. The van der Waals surface area contributed by atoms with E-state index in [9.17, 15) is 8.42 Å². The smallest absolute Gasteiger partial charge is 0.245 e. The highest BCUT2D eigenvalue weighted by molar-refractivity contribution is 7.99. The maximum Gasteiger partial charge on any atom is 0.245 e. The van der Waals surface area contributed by atoms with E-state index in [-0.39, 0.29) is 10.9 Å². The minimum atomic E-state index is -3.50. The van der Waals surface area contributed by atoms with Crippen LogP contribution in [0, 0.1) is 13.8 Å². The summed E-state index contributed by atoms with van der Waals surface area (Å²) in [5.74, 6) is 1.68. The average Bonchev–Trinajstić information content (AvgIpc) is 2.34. The van der Waals surface area contributed by atoms with Gasteiger partial charge in [-0.1, -0.05) is 6.07 Å². The van der Waals surface area contributed by atoms with E-state index in [2.05, 4.69) is 0 Å². The van der Waals surface area contributed by atoms with Crippen molar-refractivity contribution in [3.05, 3.63) is 23.3 Å². The molecule has 0 radical (unpaired) electrons. The maximum atomic E-state index is 12.8. The van der Waals surface area contributed by atoms with E-state index in [0.717, 1.165) is 22.6 Å². The lowest BCUT2D eigenvalue weighted by atomic mass is 10.1. The highest BCUT2D eigenvalue weighted by atomic mass is 32.2. The van der Waals surface area contributed by atoms with Gasteiger partial charge in [-0.25, -0.2) is 8.42 Å². The highest BCUT2D eigenvalue weighted by Crippen LogP contribution is 2.31. The van der Waals surface area contributed by atoms with Crippen LogP contribution in [0.15, 0.2) is 17.0 Å². The lowest BCUT2D eigenvalue weighted by Crippen LogP contribution is -2.44. The predicted octanol–water partition coefficient (Wildman–Crippen LogP) is 2.01. The first-order chi connectivity index (χ1) is 8.85. The number of nitrogen functional groups attached to an aromatic ring is 1. The summed E-state index contributed by atoms with van der Waals surface area (Å²) in [6.45, 7) is 6.23. The van der Waals surface area contributed by atoms with Crippen LogP contribution in [0.2, 0.25) is 0 Å². The van der Waals surface area contributed by atoms with Crippen molar-refractivity contribution < 1.29 is 8.42 Å². The molecule has 0 aliphatic carbocycles. The monoisotopic (exact) mass is 300 g/mol. The van der Waals surface area contributed by atoms with Crippen molar-refractivity contribution in [3.63, 3.8) is 0 Å². The molecule has 1 fully saturated rings. The largest absolute Gasteiger partial charge is 0.398 e. The van der Waals surface area contributed by atoms with Crippen LogP contribution in [-0.2, 0) is 10.0 Å². The van der Waals surface area contributed by atoms with E-state index >= 15 is 0 Å². The zero-order valence-electron chi connectivity index (χ0n) is 11.5. The van der Waals surface area contributed by atoms with Gasteiger partial charge in [0.1, 0.15) is 4.90 Å². The predicted molar refractivity (Wildman–Crippen MR) is 81.0 cm³/mol. The molecule has 2 rings (SSSR count). The molecule has 0 spiro atoms. The molecule has 106 valence electrons. The fraction of sp³-hybridized carbons (Fsp3) is 0.538. The zero-order chi connectivity index (χ0) is 14.2. The van der Waals surface area contributed by atoms with Gasteiger partial charge in [-0.2, -0.15) is 16.1 Å². The van der Waals surface area contributed by atoms with Crippen LogP contribution in [0.4, 0.5) is 5.69 Å². The number of nitrogens with two attached hydrogens (primary N) is 1. The molecule has 1 aliphatic rings. The fourth-order valence-electron chi connectivity index (χ4n) is 2.34. The lowest BCUT2D eigenvalue weighted by Gasteiger charge is -2.32. The van der Waals surface area contributed by atoms with E-state index in [1.807, 2.05) is 26.8 Å². The number of anilines is 1. The Morgan fingerprint density at radius 3 is 2.68 bits per heavy atom. The van der Waals surface area contributed by atoms with Crippen LogP contribution in [0.25, 0.3) is 0 Å². The van der Waals surface area contributed by atoms with Crippen LogP contribution in [-0.4, -0.2) is 36.8 Å². The molecule has 1 aromatic carbocycles. The molecular weight excluding hydrogens is 280 g/mol. The summed E-state index contributed by atoms with van der Waals surface area (Å²) >= 11 is 1.79. The van der Waals surface area contributed by atoms with E-state index in [1.165, 1.54) is 0 Å². The van der Waals surface area contributed by atoms with Gasteiger partial charge in [0, 0.05) is 24.1 Å². The van der Waals surface area contributed by atoms with Crippen molar-refractivity contribution in [2.45, 2.75) is 31.7 Å². The van der Waals surface area contributed by atoms with Crippen molar-refractivity contribution in [2.75, 3.05) is 23.8 Å². The first-order valence-corrected chi connectivity index (χ1v) is 8.90. The van der Waals surface area contributed by atoms with E-state index < -0.39 is 10.0 Å². The molecule has 1 saturated heterocycles. The van der Waals surface area contributed by atoms with E-state index in [1.54, 1.807) is 22.1 Å². The van der Waals surface area contributed by atoms with Crippen molar-refractivity contribution in [2.24, 2.45) is 0 Å². The van der Waals surface area contributed by atoms with Gasteiger partial charge < -0.3 is 5.73 Å². The Bertz CT molecular complexity index is 585. The molecule has 6 heteroatoms. The van der Waals surface area contributed by atoms with Gasteiger partial charge in [0.15, 0.2) is 0 Å². The highest BCUT2D eigenvalue weighted by Gasteiger charge is 2.33. The molecule has 0 aromatic heterocycles. The van der Waals surface area contributed by atoms with Crippen LogP contribution < -0.4 is 5.73 Å². The second-order valence-electron chi connectivity index (χ2n) is 4.97. The number of nitrogens with zero attached hydrogens (tertiary/aromatic N) is 1. The molecule has 1 unspecified atom stereocenters. The Morgan fingerprint density at radius 2 is 2.05 bits per heavy atom. The summed E-state index contributed by atoms with van der Waals surface area (Å²) in [5, 5.41) is 0. The number of aryl methyl sites for hydroxylation is 1. The minimum absolute atomic E-state index is 0.0167. The zero-order valence-corrected chi connectivity index (χ0v) is 13.1. The van der Waals surface area contributed by atoms with Gasteiger partial charge in [0.05, 0.1) is 5.69 Å². The SMILES string of the molecule is Cc1ccc(N)c(S(=O)(=O)N2CCSCC2C)c1C. The first-order valence-electron chi connectivity index (χ1n) is 6.31. The van der Waals surface area contributed by atoms with Gasteiger partial charge in [0.25, 0.3) is 0 Å². The summed E-state index contributed by atoms with van der Waals surface area (Å²) in [7, 11) is -3.50. The second kappa shape index (κ2) is 5.34. The van der Waals surface area contributed by atoms with Gasteiger partial charge in [-0.3, -0.25) is 0 Å². The number of thioether (sulfide) groups is 1. The molecule has 4 nitrogen and oxygen atoms in total. The van der Waals surface area contributed by atoms with Crippen LogP contribution in [0.1, 0.15) is 18.1 Å². The van der Waals surface area contributed by atoms with E-state index in [4.69, 9.17) is 5.73 Å². The number of hydrogen-bond acceptors (Lipinski definition) is 4. The third-order valence-electron chi connectivity index (χ3n) is 3.58. The molecule has 0 saturated carbocycles. The van der Waals surface area contributed by atoms with Crippen molar-refractivity contribution in [3.8, 4) is 0 Å². The molecule has 1 heterocycles. The topological polar surface area (TPSA) is 63.4 Å². The van der Waals surface area contributed by atoms with Gasteiger partial charge in [0.2, 0.25) is 10.0 Å². The van der Waals surface area contributed by atoms with Crippen molar-refractivity contribution >= 4 is 27.5 Å². The Labute approximate surface area is 119 Å². The third kappa shape index (κ3) is 2.61. The molecule has 1 atom stereocenters. The summed E-state index contributed by atoms with van der Waals surface area (Å²) in [6, 6.07) is 3.56. The Morgan fingerprint density at radius 1 is 1.37 bits per heavy atom. The normalized spacial score (nSPS) is 21.5. The number of benzene rings is 1. The molecule has 0 bridgehead atoms. The summed E-state index contributed by atoms with van der Waals surface area (Å²) in [5.41, 5.74) is 7.96. The maximum absolute atomic E-state index is 12.8. The van der Waals surface area contributed by atoms with Gasteiger partial charge in [-0.05, 0) is 38.0 Å². The molecule has 19 heavy (non-hydrogen) atoms. The molecule has 0 amide bonds. The molecule has 2 N–H and O–H groups in total. The van der Waals surface area contributed by atoms with Crippen LogP contribution in [0.5, 0.6) is 0 Å². The van der Waals surface area contributed by atoms with Crippen molar-refractivity contribution in [1.82, 2.24) is 4.31 Å². The Hall–Kier alpha value is -0.720. The number of sulfonamides is 1.